The maximum atomic E-state index is 13.1. The van der Waals surface area contributed by atoms with Crippen molar-refractivity contribution in [3.8, 4) is 0 Å². The summed E-state index contributed by atoms with van der Waals surface area (Å²) >= 11 is 0. The molecule has 1 aliphatic heterocycles. The van der Waals surface area contributed by atoms with Crippen LogP contribution in [0.2, 0.25) is 0 Å². The first-order chi connectivity index (χ1) is 12.8. The van der Waals surface area contributed by atoms with Gasteiger partial charge in [-0.3, -0.25) is 9.78 Å². The van der Waals surface area contributed by atoms with E-state index in [1.165, 1.54) is 0 Å². The molecule has 1 aliphatic carbocycles. The van der Waals surface area contributed by atoms with Gasteiger partial charge in [-0.25, -0.2) is 4.79 Å². The predicted molar refractivity (Wildman–Crippen MR) is 104 cm³/mol. The molecule has 5 nitrogen and oxygen atoms in total. The van der Waals surface area contributed by atoms with Gasteiger partial charge < -0.3 is 10.1 Å². The van der Waals surface area contributed by atoms with Crippen molar-refractivity contribution in [3.63, 3.8) is 0 Å². The molecule has 1 unspecified atom stereocenters. The highest BCUT2D eigenvalue weighted by Crippen LogP contribution is 2.46. The van der Waals surface area contributed by atoms with Crippen LogP contribution in [0.5, 0.6) is 0 Å². The lowest BCUT2D eigenvalue weighted by Gasteiger charge is -2.39. The van der Waals surface area contributed by atoms with Crippen LogP contribution in [-0.4, -0.2) is 23.3 Å². The number of nitrogens with zero attached hydrogens (tertiary/aromatic N) is 1. The van der Waals surface area contributed by atoms with Gasteiger partial charge in [0.1, 0.15) is 0 Å². The SMILES string of the molecule is CCCCOC(=O)C1=C(C)NC2=C(C(=O)CC(C)(C)C2)C1c1ccncc1. The third-order valence-electron chi connectivity index (χ3n) is 5.23. The smallest absolute Gasteiger partial charge is 0.336 e. The monoisotopic (exact) mass is 368 g/mol. The van der Waals surface area contributed by atoms with E-state index in [1.54, 1.807) is 12.4 Å². The van der Waals surface area contributed by atoms with Gasteiger partial charge in [-0.1, -0.05) is 27.2 Å². The molecule has 1 aromatic heterocycles. The molecule has 1 atom stereocenters. The zero-order valence-electron chi connectivity index (χ0n) is 16.6. The Labute approximate surface area is 160 Å². The molecule has 1 aromatic rings. The van der Waals surface area contributed by atoms with Crippen LogP contribution in [-0.2, 0) is 14.3 Å². The van der Waals surface area contributed by atoms with Crippen LogP contribution in [0.15, 0.2) is 47.1 Å². The van der Waals surface area contributed by atoms with Crippen molar-refractivity contribution in [1.82, 2.24) is 10.3 Å². The number of pyridine rings is 1. The topological polar surface area (TPSA) is 68.3 Å². The van der Waals surface area contributed by atoms with Crippen LogP contribution < -0.4 is 5.32 Å². The number of carbonyl (C=O) groups is 2. The van der Waals surface area contributed by atoms with Crippen LogP contribution in [0, 0.1) is 5.41 Å². The number of Topliss-reactive ketones (excluding diaryl/α,β-unsaturated/α-hetero) is 1. The van der Waals surface area contributed by atoms with Gasteiger partial charge in [0.2, 0.25) is 0 Å². The highest BCUT2D eigenvalue weighted by molar-refractivity contribution is 6.04. The Morgan fingerprint density at radius 3 is 2.67 bits per heavy atom. The van der Waals surface area contributed by atoms with E-state index < -0.39 is 5.92 Å². The van der Waals surface area contributed by atoms with Crippen LogP contribution in [0.3, 0.4) is 0 Å². The summed E-state index contributed by atoms with van der Waals surface area (Å²) in [6, 6.07) is 3.75. The summed E-state index contributed by atoms with van der Waals surface area (Å²) in [5.74, 6) is -0.650. The Morgan fingerprint density at radius 1 is 1.30 bits per heavy atom. The quantitative estimate of drug-likeness (QED) is 0.628. The largest absolute Gasteiger partial charge is 0.462 e. The number of ether oxygens (including phenoxy) is 1. The van der Waals surface area contributed by atoms with Crippen molar-refractivity contribution in [2.45, 2.75) is 59.3 Å². The number of dihydropyridines is 1. The zero-order chi connectivity index (χ0) is 19.6. The van der Waals surface area contributed by atoms with Gasteiger partial charge in [0, 0.05) is 41.7 Å². The molecule has 0 spiro atoms. The van der Waals surface area contributed by atoms with E-state index in [1.807, 2.05) is 19.1 Å². The molecule has 0 saturated carbocycles. The second-order valence-corrected chi connectivity index (χ2v) is 8.20. The minimum atomic E-state index is -0.401. The number of hydrogen-bond donors (Lipinski definition) is 1. The highest BCUT2D eigenvalue weighted by atomic mass is 16.5. The first-order valence-electron chi connectivity index (χ1n) is 9.65. The van der Waals surface area contributed by atoms with E-state index in [9.17, 15) is 9.59 Å². The van der Waals surface area contributed by atoms with Gasteiger partial charge in [0.25, 0.3) is 0 Å². The normalized spacial score (nSPS) is 21.6. The molecule has 0 aromatic carbocycles. The van der Waals surface area contributed by atoms with Crippen LogP contribution in [0.4, 0.5) is 0 Å². The Hall–Kier alpha value is -2.43. The Morgan fingerprint density at radius 2 is 2.00 bits per heavy atom. The van der Waals surface area contributed by atoms with Gasteiger partial charge in [-0.15, -0.1) is 0 Å². The van der Waals surface area contributed by atoms with E-state index in [4.69, 9.17) is 4.74 Å². The number of aromatic nitrogens is 1. The average Bonchev–Trinajstić information content (AvgIpc) is 2.60. The number of allylic oxidation sites excluding steroid dienone is 3. The zero-order valence-corrected chi connectivity index (χ0v) is 16.6. The maximum Gasteiger partial charge on any atom is 0.336 e. The van der Waals surface area contributed by atoms with Crippen LogP contribution in [0.1, 0.15) is 64.9 Å². The first kappa shape index (κ1) is 19.3. The molecule has 1 N–H and O–H groups in total. The van der Waals surface area contributed by atoms with Crippen molar-refractivity contribution in [2.75, 3.05) is 6.61 Å². The summed E-state index contributed by atoms with van der Waals surface area (Å²) in [6.07, 6.45) is 6.44. The standard InChI is InChI=1S/C22H28N2O3/c1-5-6-11-27-21(26)18-14(2)24-16-12-22(3,4)13-17(25)20(16)19(18)15-7-9-23-10-8-15/h7-10,19,24H,5-6,11-13H2,1-4H3. The molecule has 144 valence electrons. The molecule has 0 fully saturated rings. The molecule has 5 heteroatoms. The lowest BCUT2D eigenvalue weighted by molar-refractivity contribution is -0.139. The number of carbonyl (C=O) groups excluding carboxylic acids is 2. The van der Waals surface area contributed by atoms with Crippen molar-refractivity contribution < 1.29 is 14.3 Å². The number of esters is 1. The molecule has 27 heavy (non-hydrogen) atoms. The van der Waals surface area contributed by atoms with E-state index in [-0.39, 0.29) is 17.2 Å². The second-order valence-electron chi connectivity index (χ2n) is 8.20. The number of ketones is 1. The average molecular weight is 368 g/mol. The molecular formula is C22H28N2O3. The van der Waals surface area contributed by atoms with E-state index in [2.05, 4.69) is 31.1 Å². The molecule has 0 radical (unpaired) electrons. The lowest BCUT2D eigenvalue weighted by Crippen LogP contribution is -2.38. The molecular weight excluding hydrogens is 340 g/mol. The van der Waals surface area contributed by atoms with Gasteiger partial charge >= 0.3 is 5.97 Å². The fourth-order valence-electron chi connectivity index (χ4n) is 3.98. The molecule has 0 bridgehead atoms. The van der Waals surface area contributed by atoms with Crippen LogP contribution in [0.25, 0.3) is 0 Å². The first-order valence-corrected chi connectivity index (χ1v) is 9.65. The Kier molecular flexibility index (Phi) is 5.49. The fraction of sp³-hybridized carbons (Fsp3) is 0.500. The molecule has 3 rings (SSSR count). The number of hydrogen-bond acceptors (Lipinski definition) is 5. The fourth-order valence-corrected chi connectivity index (χ4v) is 3.98. The van der Waals surface area contributed by atoms with E-state index >= 15 is 0 Å². The molecule has 2 aliphatic rings. The maximum absolute atomic E-state index is 13.1. The molecule has 2 heterocycles. The molecule has 0 amide bonds. The Balaban J connectivity index is 2.06. The van der Waals surface area contributed by atoms with Gasteiger partial charge in [-0.05, 0) is 42.9 Å². The van der Waals surface area contributed by atoms with Crippen molar-refractivity contribution in [3.05, 3.63) is 52.6 Å². The van der Waals surface area contributed by atoms with Gasteiger partial charge in [-0.2, -0.15) is 0 Å². The summed E-state index contributed by atoms with van der Waals surface area (Å²) < 4.78 is 5.51. The summed E-state index contributed by atoms with van der Waals surface area (Å²) in [7, 11) is 0. The lowest BCUT2D eigenvalue weighted by atomic mass is 9.68. The Bertz CT molecular complexity index is 806. The summed E-state index contributed by atoms with van der Waals surface area (Å²) in [4.78, 5) is 30.1. The van der Waals surface area contributed by atoms with Crippen LogP contribution >= 0.6 is 0 Å². The van der Waals surface area contributed by atoms with Crippen molar-refractivity contribution >= 4 is 11.8 Å². The third kappa shape index (κ3) is 3.97. The predicted octanol–water partition coefficient (Wildman–Crippen LogP) is 4.03. The van der Waals surface area contributed by atoms with E-state index in [0.717, 1.165) is 36.2 Å². The van der Waals surface area contributed by atoms with Gasteiger partial charge in [0.15, 0.2) is 5.78 Å². The highest BCUT2D eigenvalue weighted by Gasteiger charge is 2.43. The molecule has 0 saturated heterocycles. The summed E-state index contributed by atoms with van der Waals surface area (Å²) in [5.41, 5.74) is 3.74. The second kappa shape index (κ2) is 7.67. The summed E-state index contributed by atoms with van der Waals surface area (Å²) in [5, 5.41) is 3.35. The van der Waals surface area contributed by atoms with E-state index in [0.29, 0.717) is 24.2 Å². The minimum absolute atomic E-state index is 0.0921. The van der Waals surface area contributed by atoms with Crippen molar-refractivity contribution in [1.29, 1.82) is 0 Å². The van der Waals surface area contributed by atoms with Gasteiger partial charge in [0.05, 0.1) is 12.2 Å². The van der Waals surface area contributed by atoms with Crippen molar-refractivity contribution in [2.24, 2.45) is 5.41 Å². The number of unbranched alkanes of at least 4 members (excludes halogenated alkanes) is 1. The number of nitrogens with one attached hydrogen (secondary N) is 1. The third-order valence-corrected chi connectivity index (χ3v) is 5.23. The summed E-state index contributed by atoms with van der Waals surface area (Å²) in [6.45, 7) is 8.54. The minimum Gasteiger partial charge on any atom is -0.462 e. The number of rotatable bonds is 5.